The minimum atomic E-state index is -0.831. The molecule has 0 atom stereocenters. The second kappa shape index (κ2) is 3.98. The molecule has 0 aromatic rings. The number of aliphatic carboxylic acids is 1. The van der Waals surface area contributed by atoms with Crippen molar-refractivity contribution in [2.45, 2.75) is 46.1 Å². The highest BCUT2D eigenvalue weighted by Gasteiger charge is 2.51. The minimum absolute atomic E-state index is 0.195. The van der Waals surface area contributed by atoms with E-state index in [2.05, 4.69) is 5.32 Å². The van der Waals surface area contributed by atoms with Crippen molar-refractivity contribution in [2.75, 3.05) is 6.54 Å². The van der Waals surface area contributed by atoms with Crippen molar-refractivity contribution in [1.82, 2.24) is 5.32 Å². The Kier molecular flexibility index (Phi) is 3.27. The summed E-state index contributed by atoms with van der Waals surface area (Å²) < 4.78 is 0. The Bertz CT molecular complexity index is 338. The molecule has 0 radical (unpaired) electrons. The third-order valence-electron chi connectivity index (χ3n) is 4.07. The molecule has 1 aliphatic rings. The maximum absolute atomic E-state index is 12.0. The van der Waals surface area contributed by atoms with Crippen molar-refractivity contribution in [3.8, 4) is 0 Å². The van der Waals surface area contributed by atoms with Gasteiger partial charge in [-0.25, -0.2) is 0 Å². The molecule has 0 heterocycles. The van der Waals surface area contributed by atoms with E-state index in [4.69, 9.17) is 10.8 Å². The Balaban J connectivity index is 2.60. The third-order valence-corrected chi connectivity index (χ3v) is 4.07. The van der Waals surface area contributed by atoms with Crippen LogP contribution < -0.4 is 11.1 Å². The Morgan fingerprint density at radius 1 is 1.29 bits per heavy atom. The van der Waals surface area contributed by atoms with E-state index in [-0.39, 0.29) is 12.5 Å². The van der Waals surface area contributed by atoms with E-state index < -0.39 is 22.3 Å². The molecule has 4 N–H and O–H groups in total. The second-order valence-electron chi connectivity index (χ2n) is 6.11. The minimum Gasteiger partial charge on any atom is -0.481 e. The number of amides is 1. The van der Waals surface area contributed by atoms with Gasteiger partial charge in [0.15, 0.2) is 0 Å². The summed E-state index contributed by atoms with van der Waals surface area (Å²) in [6.45, 7) is 7.30. The molecule has 0 aliphatic heterocycles. The number of carboxylic acid groups (broad SMARTS) is 1. The SMILES string of the molecule is CC(C)(N)C(C)(C)C(=O)NCC1(C(=O)O)CC1. The highest BCUT2D eigenvalue weighted by atomic mass is 16.4. The molecule has 1 saturated carbocycles. The number of nitrogens with one attached hydrogen (secondary N) is 1. The normalized spacial score (nSPS) is 18.6. The molecule has 0 aromatic carbocycles. The molecule has 1 amide bonds. The summed E-state index contributed by atoms with van der Waals surface area (Å²) in [5, 5.41) is 11.7. The van der Waals surface area contributed by atoms with Crippen LogP contribution in [0, 0.1) is 10.8 Å². The van der Waals surface area contributed by atoms with E-state index in [9.17, 15) is 9.59 Å². The van der Waals surface area contributed by atoms with Gasteiger partial charge >= 0.3 is 5.97 Å². The fraction of sp³-hybridized carbons (Fsp3) is 0.833. The molecule has 0 unspecified atom stereocenters. The quantitative estimate of drug-likeness (QED) is 0.662. The van der Waals surface area contributed by atoms with Gasteiger partial charge in [-0.05, 0) is 40.5 Å². The molecular formula is C12H22N2O3. The molecule has 0 aromatic heterocycles. The van der Waals surface area contributed by atoms with Crippen molar-refractivity contribution < 1.29 is 14.7 Å². The van der Waals surface area contributed by atoms with Crippen LogP contribution in [-0.2, 0) is 9.59 Å². The van der Waals surface area contributed by atoms with Gasteiger partial charge in [0.25, 0.3) is 0 Å². The van der Waals surface area contributed by atoms with Gasteiger partial charge in [0.05, 0.1) is 10.8 Å². The fourth-order valence-corrected chi connectivity index (χ4v) is 1.38. The van der Waals surface area contributed by atoms with Crippen molar-refractivity contribution in [2.24, 2.45) is 16.6 Å². The summed E-state index contributed by atoms with van der Waals surface area (Å²) in [6, 6.07) is 0. The monoisotopic (exact) mass is 242 g/mol. The summed E-state index contributed by atoms with van der Waals surface area (Å²) in [7, 11) is 0. The zero-order chi connectivity index (χ0) is 13.5. The van der Waals surface area contributed by atoms with Crippen molar-refractivity contribution in [1.29, 1.82) is 0 Å². The van der Waals surface area contributed by atoms with Crippen LogP contribution in [0.1, 0.15) is 40.5 Å². The average Bonchev–Trinajstić information content (AvgIpc) is 2.93. The number of hydrogen-bond donors (Lipinski definition) is 3. The van der Waals surface area contributed by atoms with Crippen LogP contribution >= 0.6 is 0 Å². The first-order valence-corrected chi connectivity index (χ1v) is 5.83. The van der Waals surface area contributed by atoms with Crippen molar-refractivity contribution >= 4 is 11.9 Å². The van der Waals surface area contributed by atoms with Crippen LogP contribution in [0.15, 0.2) is 0 Å². The van der Waals surface area contributed by atoms with Crippen molar-refractivity contribution in [3.05, 3.63) is 0 Å². The van der Waals surface area contributed by atoms with Gasteiger partial charge in [0.2, 0.25) is 5.91 Å². The largest absolute Gasteiger partial charge is 0.481 e. The Labute approximate surface area is 102 Å². The average molecular weight is 242 g/mol. The smallest absolute Gasteiger partial charge is 0.311 e. The zero-order valence-corrected chi connectivity index (χ0v) is 11.0. The maximum Gasteiger partial charge on any atom is 0.311 e. The predicted molar refractivity (Wildman–Crippen MR) is 64.4 cm³/mol. The molecule has 5 nitrogen and oxygen atoms in total. The number of nitrogens with two attached hydrogens (primary N) is 1. The summed E-state index contributed by atoms with van der Waals surface area (Å²) in [5.74, 6) is -1.03. The van der Waals surface area contributed by atoms with E-state index in [1.165, 1.54) is 0 Å². The number of rotatable bonds is 5. The van der Waals surface area contributed by atoms with Crippen LogP contribution in [0.3, 0.4) is 0 Å². The topological polar surface area (TPSA) is 92.4 Å². The molecule has 0 spiro atoms. The first kappa shape index (κ1) is 14.0. The molecule has 1 aliphatic carbocycles. The molecule has 17 heavy (non-hydrogen) atoms. The summed E-state index contributed by atoms with van der Waals surface area (Å²) >= 11 is 0. The van der Waals surface area contributed by atoms with Crippen LogP contribution in [0.4, 0.5) is 0 Å². The predicted octanol–water partition coefficient (Wildman–Crippen LogP) is 0.731. The van der Waals surface area contributed by atoms with E-state index in [1.54, 1.807) is 27.7 Å². The lowest BCUT2D eigenvalue weighted by atomic mass is 9.74. The van der Waals surface area contributed by atoms with E-state index in [0.717, 1.165) is 0 Å². The highest BCUT2D eigenvalue weighted by Crippen LogP contribution is 2.45. The van der Waals surface area contributed by atoms with E-state index in [0.29, 0.717) is 12.8 Å². The number of carboxylic acids is 1. The lowest BCUT2D eigenvalue weighted by Crippen LogP contribution is -2.56. The molecule has 0 saturated heterocycles. The maximum atomic E-state index is 12.0. The van der Waals surface area contributed by atoms with Crippen LogP contribution in [-0.4, -0.2) is 29.1 Å². The summed E-state index contributed by atoms with van der Waals surface area (Å²) in [4.78, 5) is 23.0. The lowest BCUT2D eigenvalue weighted by molar-refractivity contribution is -0.143. The summed E-state index contributed by atoms with van der Waals surface area (Å²) in [6.07, 6.45) is 1.27. The standard InChI is InChI=1S/C12H22N2O3/c1-10(2,11(3,4)13)8(15)14-7-12(5-6-12)9(16)17/h5-7,13H2,1-4H3,(H,14,15)(H,16,17). The lowest BCUT2D eigenvalue weighted by Gasteiger charge is -2.37. The number of carbonyl (C=O) groups is 2. The van der Waals surface area contributed by atoms with Gasteiger partial charge in [-0.1, -0.05) is 0 Å². The zero-order valence-electron chi connectivity index (χ0n) is 11.0. The second-order valence-corrected chi connectivity index (χ2v) is 6.11. The molecule has 1 fully saturated rings. The Morgan fingerprint density at radius 3 is 2.06 bits per heavy atom. The molecule has 0 bridgehead atoms. The van der Waals surface area contributed by atoms with E-state index in [1.807, 2.05) is 0 Å². The molecule has 5 heteroatoms. The third kappa shape index (κ3) is 2.60. The molecular weight excluding hydrogens is 220 g/mol. The first-order chi connectivity index (χ1) is 7.53. The van der Waals surface area contributed by atoms with Gasteiger partial charge < -0.3 is 16.2 Å². The molecule has 98 valence electrons. The highest BCUT2D eigenvalue weighted by molar-refractivity contribution is 5.85. The van der Waals surface area contributed by atoms with Crippen LogP contribution in [0.25, 0.3) is 0 Å². The van der Waals surface area contributed by atoms with E-state index >= 15 is 0 Å². The van der Waals surface area contributed by atoms with Crippen LogP contribution in [0.2, 0.25) is 0 Å². The summed E-state index contributed by atoms with van der Waals surface area (Å²) in [5.41, 5.74) is 3.83. The number of hydrogen-bond acceptors (Lipinski definition) is 3. The van der Waals surface area contributed by atoms with Gasteiger partial charge in [0, 0.05) is 12.1 Å². The Morgan fingerprint density at radius 2 is 1.76 bits per heavy atom. The first-order valence-electron chi connectivity index (χ1n) is 5.83. The van der Waals surface area contributed by atoms with Crippen LogP contribution in [0.5, 0.6) is 0 Å². The van der Waals surface area contributed by atoms with Gasteiger partial charge in [0.1, 0.15) is 0 Å². The number of carbonyl (C=O) groups excluding carboxylic acids is 1. The van der Waals surface area contributed by atoms with Gasteiger partial charge in [-0.3, -0.25) is 9.59 Å². The fourth-order valence-electron chi connectivity index (χ4n) is 1.38. The molecule has 1 rings (SSSR count). The van der Waals surface area contributed by atoms with Gasteiger partial charge in [-0.15, -0.1) is 0 Å². The van der Waals surface area contributed by atoms with Crippen molar-refractivity contribution in [3.63, 3.8) is 0 Å². The Hall–Kier alpha value is -1.10. The van der Waals surface area contributed by atoms with Gasteiger partial charge in [-0.2, -0.15) is 0 Å².